The lowest BCUT2D eigenvalue weighted by Gasteiger charge is -2.14. The maximum Gasteiger partial charge on any atom is 0.225 e. The molecule has 2 aromatic heterocycles. The summed E-state index contributed by atoms with van der Waals surface area (Å²) in [5, 5.41) is 6.86. The third-order valence-corrected chi connectivity index (χ3v) is 4.61. The summed E-state index contributed by atoms with van der Waals surface area (Å²) in [5.74, 6) is 0.876. The largest absolute Gasteiger partial charge is 0.369 e. The highest BCUT2D eigenvalue weighted by atomic mass is 35.5. The quantitative estimate of drug-likeness (QED) is 0.853. The van der Waals surface area contributed by atoms with Crippen LogP contribution in [0.1, 0.15) is 26.2 Å². The van der Waals surface area contributed by atoms with E-state index in [9.17, 15) is 0 Å². The first-order valence-corrected chi connectivity index (χ1v) is 7.13. The predicted molar refractivity (Wildman–Crippen MR) is 72.9 cm³/mol. The normalized spacial score (nSPS) is 17.3. The molecule has 1 fully saturated rings. The van der Waals surface area contributed by atoms with E-state index in [0.717, 1.165) is 22.6 Å². The first-order chi connectivity index (χ1) is 8.22. The van der Waals surface area contributed by atoms with Crippen LogP contribution in [0.5, 0.6) is 0 Å². The van der Waals surface area contributed by atoms with Gasteiger partial charge < -0.3 is 5.32 Å². The molecule has 17 heavy (non-hydrogen) atoms. The number of anilines is 1. The topological polar surface area (TPSA) is 37.8 Å². The minimum absolute atomic E-state index is 0.323. The number of nitrogens with zero attached hydrogens (tertiary/aromatic N) is 2. The highest BCUT2D eigenvalue weighted by molar-refractivity contribution is 7.16. The molecule has 0 saturated heterocycles. The summed E-state index contributed by atoms with van der Waals surface area (Å²) in [5.41, 5.74) is 0.500. The zero-order valence-electron chi connectivity index (χ0n) is 9.66. The Hall–Kier alpha value is -0.870. The molecule has 1 aliphatic rings. The van der Waals surface area contributed by atoms with Crippen molar-refractivity contribution in [2.24, 2.45) is 5.41 Å². The molecule has 2 aromatic rings. The lowest BCUT2D eigenvalue weighted by Crippen LogP contribution is -2.15. The van der Waals surface area contributed by atoms with E-state index in [1.54, 1.807) is 11.3 Å². The van der Waals surface area contributed by atoms with Gasteiger partial charge in [-0.2, -0.15) is 0 Å². The fraction of sp³-hybridized carbons (Fsp3) is 0.500. The fourth-order valence-electron chi connectivity index (χ4n) is 2.07. The molecule has 3 nitrogen and oxygen atoms in total. The van der Waals surface area contributed by atoms with E-state index < -0.39 is 0 Å². The lowest BCUT2D eigenvalue weighted by atomic mass is 10.0. The van der Waals surface area contributed by atoms with Gasteiger partial charge in [0.05, 0.1) is 5.39 Å². The first-order valence-electron chi connectivity index (χ1n) is 5.87. The second kappa shape index (κ2) is 4.10. The Morgan fingerprint density at radius 3 is 3.00 bits per heavy atom. The maximum atomic E-state index is 5.92. The number of hydrogen-bond donors (Lipinski definition) is 1. The van der Waals surface area contributed by atoms with Crippen LogP contribution in [0.3, 0.4) is 0 Å². The van der Waals surface area contributed by atoms with Gasteiger partial charge in [-0.15, -0.1) is 11.3 Å². The number of aromatic nitrogens is 2. The highest BCUT2D eigenvalue weighted by Crippen LogP contribution is 2.48. The molecular weight excluding hydrogens is 254 g/mol. The molecule has 1 saturated carbocycles. The van der Waals surface area contributed by atoms with Gasteiger partial charge in [0.15, 0.2) is 0 Å². The van der Waals surface area contributed by atoms with Gasteiger partial charge in [-0.1, -0.05) is 6.92 Å². The molecule has 0 aliphatic heterocycles. The second-order valence-corrected chi connectivity index (χ2v) is 5.92. The summed E-state index contributed by atoms with van der Waals surface area (Å²) >= 11 is 7.52. The number of hydrogen-bond acceptors (Lipinski definition) is 4. The molecule has 0 aromatic carbocycles. The van der Waals surface area contributed by atoms with E-state index in [1.807, 2.05) is 11.4 Å². The van der Waals surface area contributed by atoms with Crippen molar-refractivity contribution in [3.63, 3.8) is 0 Å². The number of thiophene rings is 1. The highest BCUT2D eigenvalue weighted by Gasteiger charge is 2.40. The zero-order valence-corrected chi connectivity index (χ0v) is 11.2. The maximum absolute atomic E-state index is 5.92. The lowest BCUT2D eigenvalue weighted by molar-refractivity contribution is 0.521. The zero-order chi connectivity index (χ0) is 11.9. The van der Waals surface area contributed by atoms with Crippen LogP contribution in [0.25, 0.3) is 10.2 Å². The number of rotatable bonds is 4. The van der Waals surface area contributed by atoms with E-state index in [0.29, 0.717) is 10.7 Å². The van der Waals surface area contributed by atoms with Gasteiger partial charge in [-0.3, -0.25) is 0 Å². The van der Waals surface area contributed by atoms with Crippen LogP contribution in [0.2, 0.25) is 5.28 Å². The van der Waals surface area contributed by atoms with Gasteiger partial charge in [0, 0.05) is 6.54 Å². The molecule has 1 N–H and O–H groups in total. The Balaban J connectivity index is 1.86. The van der Waals surface area contributed by atoms with Gasteiger partial charge in [0.25, 0.3) is 0 Å². The van der Waals surface area contributed by atoms with Gasteiger partial charge in [0.1, 0.15) is 10.6 Å². The van der Waals surface area contributed by atoms with Crippen molar-refractivity contribution in [3.05, 3.63) is 16.7 Å². The fourth-order valence-corrected chi connectivity index (χ4v) is 3.05. The molecule has 1 aliphatic carbocycles. The van der Waals surface area contributed by atoms with Crippen molar-refractivity contribution in [1.82, 2.24) is 9.97 Å². The minimum Gasteiger partial charge on any atom is -0.369 e. The van der Waals surface area contributed by atoms with Crippen molar-refractivity contribution in [2.45, 2.75) is 26.2 Å². The average Bonchev–Trinajstić information content (AvgIpc) is 2.96. The molecule has 90 valence electrons. The van der Waals surface area contributed by atoms with Crippen molar-refractivity contribution >= 4 is 39.0 Å². The minimum atomic E-state index is 0.323. The van der Waals surface area contributed by atoms with E-state index in [1.165, 1.54) is 19.3 Å². The van der Waals surface area contributed by atoms with Crippen LogP contribution in [0.4, 0.5) is 5.82 Å². The van der Waals surface area contributed by atoms with Crippen LogP contribution in [-0.2, 0) is 0 Å². The van der Waals surface area contributed by atoms with E-state index in [4.69, 9.17) is 11.6 Å². The van der Waals surface area contributed by atoms with Crippen molar-refractivity contribution in [1.29, 1.82) is 0 Å². The molecular formula is C12H14ClN3S. The summed E-state index contributed by atoms with van der Waals surface area (Å²) < 4.78 is 0. The van der Waals surface area contributed by atoms with Crippen molar-refractivity contribution in [2.75, 3.05) is 11.9 Å². The third-order valence-electron chi connectivity index (χ3n) is 3.64. The first kappa shape index (κ1) is 11.2. The molecule has 2 heterocycles. The second-order valence-electron chi connectivity index (χ2n) is 4.69. The summed E-state index contributed by atoms with van der Waals surface area (Å²) in [6.07, 6.45) is 3.87. The van der Waals surface area contributed by atoms with Gasteiger partial charge in [-0.05, 0) is 47.7 Å². The van der Waals surface area contributed by atoms with Gasteiger partial charge in [0.2, 0.25) is 5.28 Å². The van der Waals surface area contributed by atoms with Crippen LogP contribution < -0.4 is 5.32 Å². The molecule has 0 spiro atoms. The Bertz CT molecular complexity index is 548. The van der Waals surface area contributed by atoms with Crippen LogP contribution in [-0.4, -0.2) is 16.5 Å². The van der Waals surface area contributed by atoms with Crippen molar-refractivity contribution in [3.8, 4) is 0 Å². The number of fused-ring (bicyclic) bond motifs is 1. The molecule has 0 atom stereocenters. The Morgan fingerprint density at radius 1 is 1.47 bits per heavy atom. The Labute approximate surface area is 109 Å². The van der Waals surface area contributed by atoms with E-state index in [-0.39, 0.29) is 0 Å². The SMILES string of the molecule is CCC1(CNc2nc(Cl)nc3sccc23)CC1. The Morgan fingerprint density at radius 2 is 2.29 bits per heavy atom. The van der Waals surface area contributed by atoms with Gasteiger partial charge in [-0.25, -0.2) is 9.97 Å². The van der Waals surface area contributed by atoms with E-state index >= 15 is 0 Å². The Kier molecular flexibility index (Phi) is 2.71. The molecule has 0 radical (unpaired) electrons. The predicted octanol–water partition coefficient (Wildman–Crippen LogP) is 3.95. The molecule has 5 heteroatoms. The van der Waals surface area contributed by atoms with Crippen LogP contribution in [0, 0.1) is 5.41 Å². The summed E-state index contributed by atoms with van der Waals surface area (Å²) in [6.45, 7) is 3.24. The monoisotopic (exact) mass is 267 g/mol. The molecule has 0 amide bonds. The summed E-state index contributed by atoms with van der Waals surface area (Å²) in [6, 6.07) is 2.05. The summed E-state index contributed by atoms with van der Waals surface area (Å²) in [7, 11) is 0. The third kappa shape index (κ3) is 2.11. The van der Waals surface area contributed by atoms with Crippen LogP contribution in [0.15, 0.2) is 11.4 Å². The summed E-state index contributed by atoms with van der Waals surface area (Å²) in [4.78, 5) is 9.45. The van der Waals surface area contributed by atoms with Crippen molar-refractivity contribution < 1.29 is 0 Å². The molecule has 0 unspecified atom stereocenters. The van der Waals surface area contributed by atoms with Crippen LogP contribution >= 0.6 is 22.9 Å². The smallest absolute Gasteiger partial charge is 0.225 e. The van der Waals surface area contributed by atoms with E-state index in [2.05, 4.69) is 22.2 Å². The standard InChI is InChI=1S/C12H14ClN3S/c1-2-12(4-5-12)7-14-9-8-3-6-17-10(8)16-11(13)15-9/h3,6H,2,4-5,7H2,1H3,(H,14,15,16). The number of halogens is 1. The molecule has 3 rings (SSSR count). The molecule has 0 bridgehead atoms. The van der Waals surface area contributed by atoms with Gasteiger partial charge >= 0.3 is 0 Å². The number of nitrogens with one attached hydrogen (secondary N) is 1. The average molecular weight is 268 g/mol.